The summed E-state index contributed by atoms with van der Waals surface area (Å²) in [5.74, 6) is 3.72. The van der Waals surface area contributed by atoms with Crippen LogP contribution in [0.1, 0.15) is 19.8 Å². The summed E-state index contributed by atoms with van der Waals surface area (Å²) in [6.07, 6.45) is 2.88. The Balaban J connectivity index is 1.83. The Kier molecular flexibility index (Phi) is 3.27. The van der Waals surface area contributed by atoms with Gasteiger partial charge < -0.3 is 5.32 Å². The first-order chi connectivity index (χ1) is 5.86. The van der Waals surface area contributed by atoms with Crippen LogP contribution in [0.5, 0.6) is 0 Å². The Morgan fingerprint density at radius 2 is 2.33 bits per heavy atom. The molecule has 0 aromatic rings. The van der Waals surface area contributed by atoms with Crippen molar-refractivity contribution in [3.63, 3.8) is 0 Å². The van der Waals surface area contributed by atoms with E-state index in [1.165, 1.54) is 30.9 Å². The molecule has 0 bridgehead atoms. The van der Waals surface area contributed by atoms with E-state index in [-0.39, 0.29) is 0 Å². The van der Waals surface area contributed by atoms with Crippen molar-refractivity contribution in [3.8, 4) is 0 Å². The topological polar surface area (TPSA) is 12.0 Å². The van der Waals surface area contributed by atoms with Gasteiger partial charge in [0, 0.05) is 11.8 Å². The van der Waals surface area contributed by atoms with E-state index in [0.717, 1.165) is 16.5 Å². The lowest BCUT2D eigenvalue weighted by atomic mass is 10.1. The molecule has 0 aromatic carbocycles. The smallest absolute Gasteiger partial charge is 0.0572 e. The third-order valence-electron chi connectivity index (χ3n) is 2.61. The van der Waals surface area contributed by atoms with Crippen molar-refractivity contribution < 1.29 is 0 Å². The van der Waals surface area contributed by atoms with Crippen LogP contribution in [-0.2, 0) is 0 Å². The molecular formula is C9H17NS2. The lowest BCUT2D eigenvalue weighted by Crippen LogP contribution is -2.31. The van der Waals surface area contributed by atoms with E-state index in [2.05, 4.69) is 35.8 Å². The molecule has 1 nitrogen and oxygen atoms in total. The van der Waals surface area contributed by atoms with Crippen molar-refractivity contribution in [2.24, 2.45) is 5.92 Å². The molecule has 70 valence electrons. The lowest BCUT2D eigenvalue weighted by molar-refractivity contribution is 0.463. The fourth-order valence-electron chi connectivity index (χ4n) is 1.91. The Morgan fingerprint density at radius 1 is 1.42 bits per heavy atom. The molecule has 0 saturated carbocycles. The maximum Gasteiger partial charge on any atom is 0.0572 e. The van der Waals surface area contributed by atoms with E-state index in [9.17, 15) is 0 Å². The highest BCUT2D eigenvalue weighted by atomic mass is 32.2. The fraction of sp³-hybridized carbons (Fsp3) is 1.00. The van der Waals surface area contributed by atoms with Crippen LogP contribution in [0, 0.1) is 5.92 Å². The first-order valence-corrected chi connectivity index (χ1v) is 6.92. The van der Waals surface area contributed by atoms with Crippen molar-refractivity contribution >= 4 is 23.5 Å². The van der Waals surface area contributed by atoms with Crippen LogP contribution in [0.2, 0.25) is 0 Å². The van der Waals surface area contributed by atoms with Gasteiger partial charge in [0.25, 0.3) is 0 Å². The Bertz CT molecular complexity index is 143. The summed E-state index contributed by atoms with van der Waals surface area (Å²) < 4.78 is 0. The van der Waals surface area contributed by atoms with E-state index in [1.54, 1.807) is 0 Å². The number of thioether (sulfide) groups is 2. The summed E-state index contributed by atoms with van der Waals surface area (Å²) in [7, 11) is 0. The van der Waals surface area contributed by atoms with Crippen molar-refractivity contribution in [1.82, 2.24) is 5.32 Å². The van der Waals surface area contributed by atoms with Gasteiger partial charge in [-0.15, -0.1) is 11.8 Å². The molecule has 0 aliphatic carbocycles. The molecule has 0 spiro atoms. The summed E-state index contributed by atoms with van der Waals surface area (Å²) in [5, 5.41) is 5.23. The zero-order valence-corrected chi connectivity index (χ0v) is 9.22. The summed E-state index contributed by atoms with van der Waals surface area (Å²) in [5.41, 5.74) is 0. The number of hydrogen-bond acceptors (Lipinski definition) is 3. The number of hydrogen-bond donors (Lipinski definition) is 1. The maximum atomic E-state index is 3.63. The van der Waals surface area contributed by atoms with Gasteiger partial charge in [-0.2, -0.15) is 11.8 Å². The second kappa shape index (κ2) is 4.25. The fourth-order valence-corrected chi connectivity index (χ4v) is 4.57. The minimum absolute atomic E-state index is 0.771. The molecule has 2 saturated heterocycles. The van der Waals surface area contributed by atoms with Gasteiger partial charge in [-0.1, -0.05) is 6.92 Å². The minimum atomic E-state index is 0.771. The molecule has 3 unspecified atom stereocenters. The van der Waals surface area contributed by atoms with Crippen molar-refractivity contribution in [2.75, 3.05) is 18.1 Å². The normalized spacial score (nSPS) is 43.2. The molecule has 0 aromatic heterocycles. The maximum absolute atomic E-state index is 3.63. The van der Waals surface area contributed by atoms with Gasteiger partial charge >= 0.3 is 0 Å². The number of nitrogens with one attached hydrogen (secondary N) is 1. The first kappa shape index (κ1) is 9.22. The molecule has 0 amide bonds. The molecule has 3 atom stereocenters. The average Bonchev–Trinajstić information content (AvgIpc) is 2.54. The van der Waals surface area contributed by atoms with Crippen LogP contribution in [0.4, 0.5) is 0 Å². The summed E-state index contributed by atoms with van der Waals surface area (Å²) in [6.45, 7) is 3.55. The van der Waals surface area contributed by atoms with E-state index in [4.69, 9.17) is 0 Å². The molecule has 2 aliphatic rings. The molecule has 2 rings (SSSR count). The van der Waals surface area contributed by atoms with Crippen LogP contribution in [0.15, 0.2) is 0 Å². The van der Waals surface area contributed by atoms with Gasteiger partial charge in [-0.25, -0.2) is 0 Å². The Morgan fingerprint density at radius 3 is 2.92 bits per heavy atom. The van der Waals surface area contributed by atoms with Crippen LogP contribution in [-0.4, -0.2) is 28.7 Å². The van der Waals surface area contributed by atoms with E-state index >= 15 is 0 Å². The van der Waals surface area contributed by atoms with E-state index in [1.807, 2.05) is 0 Å². The lowest BCUT2D eigenvalue weighted by Gasteiger charge is -2.26. The summed E-state index contributed by atoms with van der Waals surface area (Å²) in [6, 6.07) is 0. The highest BCUT2D eigenvalue weighted by Crippen LogP contribution is 2.34. The van der Waals surface area contributed by atoms with E-state index < -0.39 is 0 Å². The summed E-state index contributed by atoms with van der Waals surface area (Å²) in [4.78, 5) is 0. The molecule has 3 heteroatoms. The molecule has 0 radical (unpaired) electrons. The monoisotopic (exact) mass is 203 g/mol. The van der Waals surface area contributed by atoms with Gasteiger partial charge in [0.1, 0.15) is 0 Å². The van der Waals surface area contributed by atoms with Crippen LogP contribution < -0.4 is 5.32 Å². The first-order valence-electron chi connectivity index (χ1n) is 4.83. The van der Waals surface area contributed by atoms with Crippen LogP contribution >= 0.6 is 23.5 Å². The highest BCUT2D eigenvalue weighted by molar-refractivity contribution is 8.01. The van der Waals surface area contributed by atoms with Gasteiger partial charge in [-0.3, -0.25) is 0 Å². The van der Waals surface area contributed by atoms with Crippen molar-refractivity contribution in [2.45, 2.75) is 30.4 Å². The highest BCUT2D eigenvalue weighted by Gasteiger charge is 2.29. The Labute approximate surface area is 83.4 Å². The molecular weight excluding hydrogens is 186 g/mol. The van der Waals surface area contributed by atoms with Crippen LogP contribution in [0.3, 0.4) is 0 Å². The molecule has 2 fully saturated rings. The van der Waals surface area contributed by atoms with Crippen molar-refractivity contribution in [3.05, 3.63) is 0 Å². The second-order valence-corrected chi connectivity index (χ2v) is 6.49. The molecule has 2 heterocycles. The van der Waals surface area contributed by atoms with Crippen molar-refractivity contribution in [1.29, 1.82) is 0 Å². The van der Waals surface area contributed by atoms with Crippen LogP contribution in [0.25, 0.3) is 0 Å². The van der Waals surface area contributed by atoms with Gasteiger partial charge in [-0.05, 0) is 30.3 Å². The predicted octanol–water partition coefficient (Wildman–Crippen LogP) is 2.18. The van der Waals surface area contributed by atoms with Gasteiger partial charge in [0.05, 0.1) is 5.37 Å². The average molecular weight is 203 g/mol. The van der Waals surface area contributed by atoms with E-state index in [0.29, 0.717) is 0 Å². The molecule has 12 heavy (non-hydrogen) atoms. The number of rotatable bonds is 1. The van der Waals surface area contributed by atoms with Gasteiger partial charge in [0.2, 0.25) is 0 Å². The third kappa shape index (κ3) is 2.12. The van der Waals surface area contributed by atoms with Gasteiger partial charge in [0.15, 0.2) is 0 Å². The molecule has 2 aliphatic heterocycles. The largest absolute Gasteiger partial charge is 0.304 e. The predicted molar refractivity (Wildman–Crippen MR) is 58.9 cm³/mol. The SMILES string of the molecule is CC1CNC(C2CCCSC2)S1. The standard InChI is InChI=1S/C9H17NS2/c1-7-5-10-9(12-7)8-3-2-4-11-6-8/h7-10H,2-6H2,1H3. The summed E-state index contributed by atoms with van der Waals surface area (Å²) >= 11 is 4.29. The third-order valence-corrected chi connectivity index (χ3v) is 5.33. The Hall–Kier alpha value is 0.660. The zero-order valence-electron chi connectivity index (χ0n) is 7.58. The second-order valence-electron chi connectivity index (χ2n) is 3.75. The zero-order chi connectivity index (χ0) is 8.39. The molecule has 1 N–H and O–H groups in total. The quantitative estimate of drug-likeness (QED) is 0.701. The minimum Gasteiger partial charge on any atom is -0.304 e.